The second kappa shape index (κ2) is 3.66. The van der Waals surface area contributed by atoms with Crippen molar-refractivity contribution in [2.75, 3.05) is 0 Å². The van der Waals surface area contributed by atoms with Gasteiger partial charge in [0.25, 0.3) is 0 Å². The third-order valence-corrected chi connectivity index (χ3v) is 3.29. The fourth-order valence-corrected chi connectivity index (χ4v) is 2.13. The molecule has 0 aliphatic carbocycles. The fraction of sp³-hybridized carbons (Fsp3) is 0.600. The topological polar surface area (TPSA) is 15.4 Å². The SMILES string of the molecule is CC(C)(C)C1=C[N+]2=CC=CC(C(C)(C)C)C2=N1. The standard InChI is InChI=1S/C15H23N2/c1-14(2,3)11-8-7-9-17-10-12(15(4,5)6)16-13(11)17/h7-11H,1-6H3/q+1. The van der Waals surface area contributed by atoms with Gasteiger partial charge in [-0.25, -0.2) is 4.58 Å². The van der Waals surface area contributed by atoms with E-state index in [0.717, 1.165) is 0 Å². The summed E-state index contributed by atoms with van der Waals surface area (Å²) in [6, 6.07) is 0. The minimum Gasteiger partial charge on any atom is -0.202 e. The zero-order valence-electron chi connectivity index (χ0n) is 11.8. The zero-order valence-corrected chi connectivity index (χ0v) is 11.8. The van der Waals surface area contributed by atoms with Gasteiger partial charge in [0, 0.05) is 5.41 Å². The Morgan fingerprint density at radius 3 is 2.29 bits per heavy atom. The van der Waals surface area contributed by atoms with E-state index in [1.165, 1.54) is 11.5 Å². The first-order valence-electron chi connectivity index (χ1n) is 6.30. The van der Waals surface area contributed by atoms with E-state index in [0.29, 0.717) is 5.92 Å². The summed E-state index contributed by atoms with van der Waals surface area (Å²) in [5, 5.41) is 0. The molecule has 17 heavy (non-hydrogen) atoms. The van der Waals surface area contributed by atoms with E-state index in [9.17, 15) is 0 Å². The highest BCUT2D eigenvalue weighted by atomic mass is 15.1. The van der Waals surface area contributed by atoms with Gasteiger partial charge >= 0.3 is 5.84 Å². The number of allylic oxidation sites excluding steroid dienone is 2. The van der Waals surface area contributed by atoms with Gasteiger partial charge in [-0.2, -0.15) is 0 Å². The maximum atomic E-state index is 4.85. The van der Waals surface area contributed by atoms with Crippen molar-refractivity contribution in [1.82, 2.24) is 0 Å². The Hall–Kier alpha value is -1.18. The van der Waals surface area contributed by atoms with E-state index in [-0.39, 0.29) is 10.8 Å². The zero-order chi connectivity index (χ0) is 12.8. The summed E-state index contributed by atoms with van der Waals surface area (Å²) in [5.41, 5.74) is 1.49. The van der Waals surface area contributed by atoms with Crippen LogP contribution >= 0.6 is 0 Å². The largest absolute Gasteiger partial charge is 0.310 e. The molecule has 1 atom stereocenters. The van der Waals surface area contributed by atoms with E-state index in [4.69, 9.17) is 4.99 Å². The number of nitrogens with zero attached hydrogens (tertiary/aromatic N) is 2. The molecule has 2 rings (SSSR count). The number of fused-ring (bicyclic) bond motifs is 1. The van der Waals surface area contributed by atoms with Crippen LogP contribution in [0.25, 0.3) is 0 Å². The van der Waals surface area contributed by atoms with Crippen LogP contribution in [0.5, 0.6) is 0 Å². The minimum absolute atomic E-state index is 0.112. The molecule has 0 bridgehead atoms. The molecule has 92 valence electrons. The van der Waals surface area contributed by atoms with Gasteiger partial charge < -0.3 is 0 Å². The molecule has 1 unspecified atom stereocenters. The molecule has 0 fully saturated rings. The maximum absolute atomic E-state index is 4.85. The van der Waals surface area contributed by atoms with Crippen LogP contribution in [0.4, 0.5) is 0 Å². The molecule has 2 heteroatoms. The Labute approximate surface area is 104 Å². The molecule has 0 radical (unpaired) electrons. The molecule has 0 aromatic heterocycles. The van der Waals surface area contributed by atoms with Crippen LogP contribution in [0.2, 0.25) is 0 Å². The molecule has 0 aromatic carbocycles. The van der Waals surface area contributed by atoms with Crippen molar-refractivity contribution in [3.05, 3.63) is 24.0 Å². The van der Waals surface area contributed by atoms with E-state index < -0.39 is 0 Å². The van der Waals surface area contributed by atoms with Crippen molar-refractivity contribution in [1.29, 1.82) is 0 Å². The highest BCUT2D eigenvalue weighted by molar-refractivity contribution is 5.90. The number of aliphatic imine (C=N–C) groups is 1. The Morgan fingerprint density at radius 1 is 1.12 bits per heavy atom. The van der Waals surface area contributed by atoms with Crippen LogP contribution in [0.15, 0.2) is 29.0 Å². The summed E-state index contributed by atoms with van der Waals surface area (Å²) >= 11 is 0. The predicted octanol–water partition coefficient (Wildman–Crippen LogP) is 3.60. The third kappa shape index (κ3) is 2.26. The van der Waals surface area contributed by atoms with Crippen molar-refractivity contribution in [2.45, 2.75) is 41.5 Å². The number of hydrogen-bond acceptors (Lipinski definition) is 1. The van der Waals surface area contributed by atoms with Gasteiger partial charge in [0.2, 0.25) is 0 Å². The van der Waals surface area contributed by atoms with Crippen molar-refractivity contribution in [3.8, 4) is 0 Å². The van der Waals surface area contributed by atoms with Gasteiger partial charge in [0.1, 0.15) is 6.20 Å². The molecule has 0 aromatic rings. The second-order valence-corrected chi connectivity index (χ2v) is 7.02. The van der Waals surface area contributed by atoms with Gasteiger partial charge in [-0.05, 0) is 16.5 Å². The average Bonchev–Trinajstić information content (AvgIpc) is 2.57. The predicted molar refractivity (Wildman–Crippen MR) is 73.4 cm³/mol. The van der Waals surface area contributed by atoms with Crippen molar-refractivity contribution < 1.29 is 4.58 Å². The van der Waals surface area contributed by atoms with Crippen molar-refractivity contribution in [2.24, 2.45) is 21.7 Å². The monoisotopic (exact) mass is 231 g/mol. The maximum Gasteiger partial charge on any atom is 0.310 e. The Morgan fingerprint density at radius 2 is 1.76 bits per heavy atom. The first-order chi connectivity index (χ1) is 7.69. The van der Waals surface area contributed by atoms with Gasteiger partial charge in [0.05, 0.1) is 12.1 Å². The van der Waals surface area contributed by atoms with Gasteiger partial charge in [-0.15, -0.1) is 0 Å². The molecule has 0 N–H and O–H groups in total. The molecule has 2 heterocycles. The van der Waals surface area contributed by atoms with Gasteiger partial charge in [-0.3, -0.25) is 0 Å². The van der Waals surface area contributed by atoms with Crippen LogP contribution in [0, 0.1) is 16.7 Å². The van der Waals surface area contributed by atoms with Gasteiger partial charge in [0.15, 0.2) is 5.70 Å². The summed E-state index contributed by atoms with van der Waals surface area (Å²) < 4.78 is 2.18. The van der Waals surface area contributed by atoms with Crippen LogP contribution < -0.4 is 0 Å². The van der Waals surface area contributed by atoms with E-state index in [1.807, 2.05) is 0 Å². The minimum atomic E-state index is 0.112. The number of rotatable bonds is 0. The van der Waals surface area contributed by atoms with Gasteiger partial charge in [-0.1, -0.05) is 47.6 Å². The van der Waals surface area contributed by atoms with Crippen molar-refractivity contribution >= 4 is 12.1 Å². The lowest BCUT2D eigenvalue weighted by molar-refractivity contribution is -0.323. The molecule has 0 saturated heterocycles. The second-order valence-electron chi connectivity index (χ2n) is 7.02. The number of amidine groups is 1. The Bertz CT molecular complexity index is 448. The number of hydrogen-bond donors (Lipinski definition) is 0. The van der Waals surface area contributed by atoms with Crippen LogP contribution in [0.3, 0.4) is 0 Å². The Kier molecular flexibility index (Phi) is 2.64. The highest BCUT2D eigenvalue weighted by Gasteiger charge is 2.41. The average molecular weight is 231 g/mol. The fourth-order valence-electron chi connectivity index (χ4n) is 2.13. The summed E-state index contributed by atoms with van der Waals surface area (Å²) in [6.45, 7) is 13.4. The summed E-state index contributed by atoms with van der Waals surface area (Å²) in [5.74, 6) is 1.56. The molecule has 0 saturated carbocycles. The molecule has 2 aliphatic rings. The first-order valence-corrected chi connectivity index (χ1v) is 6.30. The lowest BCUT2D eigenvalue weighted by Gasteiger charge is -2.26. The Balaban J connectivity index is 2.40. The first kappa shape index (κ1) is 12.3. The molecule has 2 nitrogen and oxygen atoms in total. The highest BCUT2D eigenvalue weighted by Crippen LogP contribution is 2.36. The molecule has 0 spiro atoms. The van der Waals surface area contributed by atoms with Crippen LogP contribution in [-0.2, 0) is 0 Å². The third-order valence-electron chi connectivity index (χ3n) is 3.29. The summed E-state index contributed by atoms with van der Waals surface area (Å²) in [4.78, 5) is 4.85. The quantitative estimate of drug-likeness (QED) is 0.566. The molecule has 2 aliphatic heterocycles. The summed E-state index contributed by atoms with van der Waals surface area (Å²) in [7, 11) is 0. The lowest BCUT2D eigenvalue weighted by atomic mass is 9.79. The van der Waals surface area contributed by atoms with E-state index >= 15 is 0 Å². The molecular weight excluding hydrogens is 208 g/mol. The summed E-state index contributed by atoms with van der Waals surface area (Å²) in [6.07, 6.45) is 8.66. The lowest BCUT2D eigenvalue weighted by Crippen LogP contribution is -2.34. The smallest absolute Gasteiger partial charge is 0.202 e. The normalized spacial score (nSPS) is 24.1. The van der Waals surface area contributed by atoms with E-state index in [2.05, 4.69) is 70.7 Å². The van der Waals surface area contributed by atoms with Crippen LogP contribution in [-0.4, -0.2) is 16.6 Å². The molecule has 0 amide bonds. The van der Waals surface area contributed by atoms with E-state index in [1.54, 1.807) is 0 Å². The molecular formula is C15H23N2+. The van der Waals surface area contributed by atoms with Crippen molar-refractivity contribution in [3.63, 3.8) is 0 Å². The van der Waals surface area contributed by atoms with Crippen LogP contribution in [0.1, 0.15) is 41.5 Å².